The number of ether oxygens (including phenoxy) is 1. The third-order valence-electron chi connectivity index (χ3n) is 7.56. The molecule has 2 fully saturated rings. The number of aliphatic hydroxyl groups excluding tert-OH is 1. The summed E-state index contributed by atoms with van der Waals surface area (Å²) >= 11 is 4.31. The summed E-state index contributed by atoms with van der Waals surface area (Å²) in [6.07, 6.45) is 10.5. The van der Waals surface area contributed by atoms with Gasteiger partial charge in [-0.15, -0.1) is 0 Å². The SMILES string of the molecule is CC(C)(C)OC(=O)NC1CCC(O)CC1.CC1CCC(n2nc(I)c3c(N)ncnc32)CC1.Nc1ncnc2n[nH]c(I)c12. The minimum Gasteiger partial charge on any atom is -0.444 e. The van der Waals surface area contributed by atoms with Crippen molar-refractivity contribution < 1.29 is 14.6 Å². The number of aliphatic hydroxyl groups is 1. The number of alkyl carbamates (subject to hydrolysis) is 1. The van der Waals surface area contributed by atoms with Crippen LogP contribution >= 0.6 is 45.2 Å². The van der Waals surface area contributed by atoms with Crippen molar-refractivity contribution in [2.45, 2.75) is 103 Å². The number of aromatic nitrogens is 8. The number of nitrogens with zero attached hydrogens (tertiary/aromatic N) is 7. The van der Waals surface area contributed by atoms with Crippen molar-refractivity contribution in [3.8, 4) is 0 Å². The van der Waals surface area contributed by atoms with Gasteiger partial charge in [-0.3, -0.25) is 5.10 Å². The van der Waals surface area contributed by atoms with Gasteiger partial charge in [0.05, 0.1) is 22.9 Å². The standard InChI is InChI=1S/C12H16IN5.C11H21NO3.C5H4IN5/c1-7-2-4-8(5-3-7)18-12-9(10(13)17-18)11(14)15-6-16-12;1-11(2,3)15-10(14)12-8-4-6-9(13)7-5-8;6-3-2-4(7)8-1-9-5(2)11-10-3/h6-8H,2-5H2,1H3,(H2,14,15,16);8-9,13H,4-7H2,1-3H3,(H,12,14);1H,(H3,7,8,9,10,11). The van der Waals surface area contributed by atoms with Crippen molar-refractivity contribution in [2.24, 2.45) is 5.92 Å². The Morgan fingerprint density at radius 1 is 0.977 bits per heavy atom. The van der Waals surface area contributed by atoms with Gasteiger partial charge < -0.3 is 26.6 Å². The van der Waals surface area contributed by atoms with E-state index in [4.69, 9.17) is 16.2 Å². The quantitative estimate of drug-likeness (QED) is 0.168. The predicted octanol–water partition coefficient (Wildman–Crippen LogP) is 5.12. The molecular formula is C28H41I2N11O3. The first-order chi connectivity index (χ1) is 20.8. The molecule has 0 bridgehead atoms. The number of halogens is 2. The molecule has 1 amide bonds. The highest BCUT2D eigenvalue weighted by atomic mass is 127. The second-order valence-corrected chi connectivity index (χ2v) is 14.4. The molecule has 6 rings (SSSR count). The number of aromatic amines is 1. The molecule has 4 heterocycles. The average molecular weight is 834 g/mol. The van der Waals surface area contributed by atoms with Gasteiger partial charge in [0.15, 0.2) is 11.3 Å². The van der Waals surface area contributed by atoms with Crippen LogP contribution in [0.1, 0.15) is 85.1 Å². The lowest BCUT2D eigenvalue weighted by Gasteiger charge is -2.27. The fourth-order valence-corrected chi connectivity index (χ4v) is 6.62. The summed E-state index contributed by atoms with van der Waals surface area (Å²) in [6.45, 7) is 7.85. The van der Waals surface area contributed by atoms with Crippen LogP contribution in [-0.4, -0.2) is 68.9 Å². The van der Waals surface area contributed by atoms with E-state index in [9.17, 15) is 9.90 Å². The summed E-state index contributed by atoms with van der Waals surface area (Å²) in [5, 5.41) is 25.1. The van der Waals surface area contributed by atoms with E-state index in [2.05, 4.69) is 97.3 Å². The van der Waals surface area contributed by atoms with Crippen LogP contribution in [0.15, 0.2) is 12.7 Å². The molecule has 44 heavy (non-hydrogen) atoms. The molecule has 2 aliphatic rings. The number of carbonyl (C=O) groups is 1. The smallest absolute Gasteiger partial charge is 0.407 e. The lowest BCUT2D eigenvalue weighted by atomic mass is 9.87. The average Bonchev–Trinajstić information content (AvgIpc) is 3.51. The third-order valence-corrected chi connectivity index (χ3v) is 9.10. The molecule has 0 unspecified atom stereocenters. The number of hydrogen-bond donors (Lipinski definition) is 5. The van der Waals surface area contributed by atoms with Gasteiger partial charge in [0.25, 0.3) is 0 Å². The van der Waals surface area contributed by atoms with Crippen LogP contribution in [0.25, 0.3) is 22.1 Å². The van der Waals surface area contributed by atoms with Gasteiger partial charge in [0.2, 0.25) is 0 Å². The van der Waals surface area contributed by atoms with Crippen LogP contribution in [0, 0.1) is 13.3 Å². The highest BCUT2D eigenvalue weighted by Crippen LogP contribution is 2.34. The first kappa shape index (κ1) is 34.3. The number of anilines is 2. The molecule has 0 aliphatic heterocycles. The maximum atomic E-state index is 11.4. The maximum Gasteiger partial charge on any atom is 0.407 e. The van der Waals surface area contributed by atoms with E-state index in [0.29, 0.717) is 23.3 Å². The Morgan fingerprint density at radius 3 is 2.20 bits per heavy atom. The first-order valence-corrected chi connectivity index (χ1v) is 16.9. The predicted molar refractivity (Wildman–Crippen MR) is 186 cm³/mol. The molecule has 0 spiro atoms. The highest BCUT2D eigenvalue weighted by Gasteiger charge is 2.25. The number of rotatable bonds is 2. The summed E-state index contributed by atoms with van der Waals surface area (Å²) in [4.78, 5) is 27.6. The molecule has 2 aliphatic carbocycles. The number of nitrogens with one attached hydrogen (secondary N) is 2. The lowest BCUT2D eigenvalue weighted by Crippen LogP contribution is -2.41. The molecule has 4 aromatic rings. The Labute approximate surface area is 283 Å². The van der Waals surface area contributed by atoms with Crippen molar-refractivity contribution in [3.63, 3.8) is 0 Å². The minimum atomic E-state index is -0.446. The summed E-state index contributed by atoms with van der Waals surface area (Å²) in [7, 11) is 0. The number of fused-ring (bicyclic) bond motifs is 2. The fraction of sp³-hybridized carbons (Fsp3) is 0.607. The summed E-state index contributed by atoms with van der Waals surface area (Å²) in [5.41, 5.74) is 12.5. The molecule has 14 nitrogen and oxygen atoms in total. The molecule has 0 atom stereocenters. The van der Waals surface area contributed by atoms with Crippen LogP contribution in [0.5, 0.6) is 0 Å². The Bertz CT molecular complexity index is 1540. The Kier molecular flexibility index (Phi) is 11.8. The minimum absolute atomic E-state index is 0.156. The van der Waals surface area contributed by atoms with E-state index in [1.807, 2.05) is 20.8 Å². The molecule has 240 valence electrons. The van der Waals surface area contributed by atoms with E-state index < -0.39 is 5.60 Å². The van der Waals surface area contributed by atoms with Crippen LogP contribution < -0.4 is 16.8 Å². The normalized spacial score (nSPS) is 22.0. The molecule has 0 saturated heterocycles. The number of hydrogen-bond acceptors (Lipinski definition) is 11. The molecule has 2 saturated carbocycles. The van der Waals surface area contributed by atoms with E-state index in [1.54, 1.807) is 0 Å². The van der Waals surface area contributed by atoms with Crippen LogP contribution in [0.4, 0.5) is 16.4 Å². The van der Waals surface area contributed by atoms with Crippen molar-refractivity contribution in [3.05, 3.63) is 20.1 Å². The van der Waals surface area contributed by atoms with Crippen LogP contribution in [0.2, 0.25) is 0 Å². The summed E-state index contributed by atoms with van der Waals surface area (Å²) < 4.78 is 8.98. The zero-order chi connectivity index (χ0) is 32.0. The Hall–Kier alpha value is -2.61. The number of carbonyl (C=O) groups excluding carboxylic acids is 1. The molecule has 0 radical (unpaired) electrons. The monoisotopic (exact) mass is 833 g/mol. The number of H-pyrrole nitrogens is 1. The van der Waals surface area contributed by atoms with Crippen molar-refractivity contribution in [2.75, 3.05) is 11.5 Å². The van der Waals surface area contributed by atoms with E-state index in [-0.39, 0.29) is 18.2 Å². The van der Waals surface area contributed by atoms with E-state index >= 15 is 0 Å². The third kappa shape index (κ3) is 9.21. The van der Waals surface area contributed by atoms with Crippen molar-refractivity contribution in [1.29, 1.82) is 0 Å². The van der Waals surface area contributed by atoms with Gasteiger partial charge in [-0.2, -0.15) is 10.2 Å². The van der Waals surface area contributed by atoms with Crippen LogP contribution in [0.3, 0.4) is 0 Å². The molecular weight excluding hydrogens is 792 g/mol. The number of amides is 1. The van der Waals surface area contributed by atoms with E-state index in [0.717, 1.165) is 55.4 Å². The van der Waals surface area contributed by atoms with Gasteiger partial charge in [0, 0.05) is 6.04 Å². The second kappa shape index (κ2) is 15.1. The summed E-state index contributed by atoms with van der Waals surface area (Å²) in [6, 6.07) is 0.616. The Morgan fingerprint density at radius 2 is 1.59 bits per heavy atom. The second-order valence-electron chi connectivity index (χ2n) is 12.3. The number of nitrogens with two attached hydrogens (primary N) is 2. The lowest BCUT2D eigenvalue weighted by molar-refractivity contribution is 0.0460. The van der Waals surface area contributed by atoms with Crippen LogP contribution in [-0.2, 0) is 4.74 Å². The van der Waals surface area contributed by atoms with Gasteiger partial charge in [-0.25, -0.2) is 29.4 Å². The Balaban J connectivity index is 0.000000155. The van der Waals surface area contributed by atoms with Gasteiger partial charge in [-0.05, 0) is 123 Å². The van der Waals surface area contributed by atoms with Crippen molar-refractivity contribution in [1.82, 2.24) is 45.2 Å². The zero-order valence-electron chi connectivity index (χ0n) is 25.4. The van der Waals surface area contributed by atoms with Gasteiger partial charge >= 0.3 is 6.09 Å². The molecule has 0 aromatic carbocycles. The van der Waals surface area contributed by atoms with Gasteiger partial charge in [-0.1, -0.05) is 6.92 Å². The van der Waals surface area contributed by atoms with E-state index in [1.165, 1.54) is 38.3 Å². The first-order valence-electron chi connectivity index (χ1n) is 14.7. The maximum absolute atomic E-state index is 11.4. The number of nitrogen functional groups attached to an aromatic ring is 2. The molecule has 16 heteroatoms. The fourth-order valence-electron chi connectivity index (χ4n) is 5.23. The summed E-state index contributed by atoms with van der Waals surface area (Å²) in [5.74, 6) is 1.83. The topological polar surface area (TPSA) is 209 Å². The van der Waals surface area contributed by atoms with Crippen molar-refractivity contribution >= 4 is 85.0 Å². The largest absolute Gasteiger partial charge is 0.444 e. The molecule has 7 N–H and O–H groups in total. The zero-order valence-corrected chi connectivity index (χ0v) is 29.7. The van der Waals surface area contributed by atoms with Gasteiger partial charge in [0.1, 0.15) is 37.3 Å². The highest BCUT2D eigenvalue weighted by molar-refractivity contribution is 14.1. The molecule has 4 aromatic heterocycles.